The molecule has 1 aliphatic carbocycles. The van der Waals surface area contributed by atoms with Crippen LogP contribution in [0.2, 0.25) is 0 Å². The molecule has 2 rings (SSSR count). The van der Waals surface area contributed by atoms with E-state index in [0.717, 1.165) is 25.7 Å². The summed E-state index contributed by atoms with van der Waals surface area (Å²) in [5.74, 6) is -0.859. The van der Waals surface area contributed by atoms with Crippen molar-refractivity contribution in [3.63, 3.8) is 0 Å². The minimum absolute atomic E-state index is 0.146. The van der Waals surface area contributed by atoms with Crippen molar-refractivity contribution in [3.8, 4) is 5.75 Å². The van der Waals surface area contributed by atoms with Gasteiger partial charge in [-0.25, -0.2) is 4.79 Å². The zero-order valence-electron chi connectivity index (χ0n) is 17.7. The average Bonchev–Trinajstić information content (AvgIpc) is 2.72. The second-order valence-electron chi connectivity index (χ2n) is 7.85. The van der Waals surface area contributed by atoms with Crippen molar-refractivity contribution in [1.82, 2.24) is 10.6 Å². The lowest BCUT2D eigenvalue weighted by molar-refractivity contribution is -0.157. The lowest BCUT2D eigenvalue weighted by Crippen LogP contribution is -2.48. The van der Waals surface area contributed by atoms with E-state index in [2.05, 4.69) is 10.6 Å². The van der Waals surface area contributed by atoms with E-state index in [1.165, 1.54) is 6.42 Å². The first kappa shape index (κ1) is 22.7. The highest BCUT2D eigenvalue weighted by atomic mass is 16.5. The Bertz CT molecular complexity index is 696. The summed E-state index contributed by atoms with van der Waals surface area (Å²) in [5, 5.41) is 5.66. The Kier molecular flexibility index (Phi) is 8.49. The summed E-state index contributed by atoms with van der Waals surface area (Å²) in [6.07, 6.45) is 4.40. The van der Waals surface area contributed by atoms with E-state index in [4.69, 9.17) is 9.47 Å². The van der Waals surface area contributed by atoms with Crippen LogP contribution in [0.15, 0.2) is 24.3 Å². The molecule has 160 valence electrons. The molecular formula is C22H32N2O5. The largest absolute Gasteiger partial charge is 0.497 e. The summed E-state index contributed by atoms with van der Waals surface area (Å²) in [6, 6.07) is 5.89. The molecule has 2 amide bonds. The molecule has 0 unspecified atom stereocenters. The van der Waals surface area contributed by atoms with Gasteiger partial charge in [0.25, 0.3) is 11.8 Å². The number of methoxy groups -OCH3 is 1. The summed E-state index contributed by atoms with van der Waals surface area (Å²) in [4.78, 5) is 37.5. The van der Waals surface area contributed by atoms with Crippen LogP contribution < -0.4 is 15.4 Å². The smallest absolute Gasteiger partial charge is 0.329 e. The van der Waals surface area contributed by atoms with Gasteiger partial charge in [-0.1, -0.05) is 33.1 Å². The van der Waals surface area contributed by atoms with Crippen molar-refractivity contribution in [2.24, 2.45) is 5.92 Å². The standard InChI is InChI=1S/C22H32N2O5/c1-14(2)19(24-21(26)16-10-12-18(28-4)13-11-16)22(27)29-15(3)20(25)23-17-8-6-5-7-9-17/h10-15,17,19H,5-9H2,1-4H3,(H,23,25)(H,24,26)/t15-,19+/m1/s1. The summed E-state index contributed by atoms with van der Waals surface area (Å²) in [7, 11) is 1.55. The van der Waals surface area contributed by atoms with Crippen LogP contribution in [0, 0.1) is 5.92 Å². The number of benzene rings is 1. The number of nitrogens with one attached hydrogen (secondary N) is 2. The van der Waals surface area contributed by atoms with Crippen LogP contribution >= 0.6 is 0 Å². The van der Waals surface area contributed by atoms with Crippen molar-refractivity contribution in [2.45, 2.75) is 71.1 Å². The highest BCUT2D eigenvalue weighted by Gasteiger charge is 2.30. The predicted octanol–water partition coefficient (Wildman–Crippen LogP) is 2.83. The van der Waals surface area contributed by atoms with Crippen LogP contribution in [0.25, 0.3) is 0 Å². The Morgan fingerprint density at radius 2 is 1.62 bits per heavy atom. The van der Waals surface area contributed by atoms with Crippen molar-refractivity contribution in [2.75, 3.05) is 7.11 Å². The topological polar surface area (TPSA) is 93.7 Å². The zero-order valence-corrected chi connectivity index (χ0v) is 17.7. The molecule has 0 aromatic heterocycles. The van der Waals surface area contributed by atoms with E-state index in [-0.39, 0.29) is 23.8 Å². The predicted molar refractivity (Wildman–Crippen MR) is 110 cm³/mol. The van der Waals surface area contributed by atoms with Crippen LogP contribution in [-0.4, -0.2) is 43.1 Å². The summed E-state index contributed by atoms with van der Waals surface area (Å²) in [5.41, 5.74) is 0.410. The minimum atomic E-state index is -0.913. The number of rotatable bonds is 8. The van der Waals surface area contributed by atoms with E-state index in [9.17, 15) is 14.4 Å². The highest BCUT2D eigenvalue weighted by Crippen LogP contribution is 2.18. The Hall–Kier alpha value is -2.57. The van der Waals surface area contributed by atoms with Crippen LogP contribution in [-0.2, 0) is 14.3 Å². The zero-order chi connectivity index (χ0) is 21.4. The van der Waals surface area contributed by atoms with Gasteiger partial charge in [0.1, 0.15) is 11.8 Å². The molecule has 7 heteroatoms. The number of ether oxygens (including phenoxy) is 2. The maximum Gasteiger partial charge on any atom is 0.329 e. The van der Waals surface area contributed by atoms with Crippen molar-refractivity contribution < 1.29 is 23.9 Å². The molecule has 0 aliphatic heterocycles. The summed E-state index contributed by atoms with van der Waals surface area (Å²) < 4.78 is 10.4. The van der Waals surface area contributed by atoms with Crippen molar-refractivity contribution in [3.05, 3.63) is 29.8 Å². The first-order valence-electron chi connectivity index (χ1n) is 10.3. The maximum atomic E-state index is 12.6. The molecule has 0 radical (unpaired) electrons. The van der Waals surface area contributed by atoms with E-state index < -0.39 is 18.1 Å². The third-order valence-electron chi connectivity index (χ3n) is 5.17. The second-order valence-corrected chi connectivity index (χ2v) is 7.85. The third kappa shape index (κ3) is 6.76. The highest BCUT2D eigenvalue weighted by molar-refractivity contribution is 5.97. The van der Waals surface area contributed by atoms with Crippen LogP contribution in [0.3, 0.4) is 0 Å². The van der Waals surface area contributed by atoms with Crippen molar-refractivity contribution in [1.29, 1.82) is 0 Å². The molecule has 1 aromatic rings. The number of esters is 1. The van der Waals surface area contributed by atoms with Gasteiger partial charge in [0, 0.05) is 11.6 Å². The second kappa shape index (κ2) is 10.8. The molecule has 0 heterocycles. The Morgan fingerprint density at radius 1 is 1.00 bits per heavy atom. The fraction of sp³-hybridized carbons (Fsp3) is 0.591. The monoisotopic (exact) mass is 404 g/mol. The van der Waals surface area contributed by atoms with Gasteiger partial charge in [-0.2, -0.15) is 0 Å². The molecular weight excluding hydrogens is 372 g/mol. The molecule has 1 fully saturated rings. The SMILES string of the molecule is COc1ccc(C(=O)N[C@H](C(=O)O[C@H](C)C(=O)NC2CCCCC2)C(C)C)cc1. The van der Waals surface area contributed by atoms with E-state index in [1.54, 1.807) is 38.3 Å². The van der Waals surface area contributed by atoms with Crippen LogP contribution in [0.4, 0.5) is 0 Å². The van der Waals surface area contributed by atoms with Gasteiger partial charge in [0.15, 0.2) is 6.10 Å². The molecule has 7 nitrogen and oxygen atoms in total. The first-order chi connectivity index (χ1) is 13.8. The molecule has 29 heavy (non-hydrogen) atoms. The Morgan fingerprint density at radius 3 is 2.17 bits per heavy atom. The quantitative estimate of drug-likeness (QED) is 0.650. The van der Waals surface area contributed by atoms with Gasteiger partial charge in [0.2, 0.25) is 0 Å². The average molecular weight is 405 g/mol. The number of carbonyl (C=O) groups is 3. The molecule has 2 N–H and O–H groups in total. The van der Waals surface area contributed by atoms with E-state index in [0.29, 0.717) is 11.3 Å². The molecule has 0 saturated heterocycles. The third-order valence-corrected chi connectivity index (χ3v) is 5.17. The van der Waals surface area contributed by atoms with Gasteiger partial charge in [0.05, 0.1) is 7.11 Å². The normalized spacial score (nSPS) is 16.6. The fourth-order valence-corrected chi connectivity index (χ4v) is 3.33. The summed E-state index contributed by atoms with van der Waals surface area (Å²) in [6.45, 7) is 5.18. The fourth-order valence-electron chi connectivity index (χ4n) is 3.33. The number of amides is 2. The van der Waals surface area contributed by atoms with Gasteiger partial charge >= 0.3 is 5.97 Å². The number of carbonyl (C=O) groups excluding carboxylic acids is 3. The lowest BCUT2D eigenvalue weighted by Gasteiger charge is -2.26. The molecule has 2 atom stereocenters. The number of hydrogen-bond acceptors (Lipinski definition) is 5. The minimum Gasteiger partial charge on any atom is -0.497 e. The molecule has 1 saturated carbocycles. The lowest BCUT2D eigenvalue weighted by atomic mass is 9.95. The summed E-state index contributed by atoms with van der Waals surface area (Å²) >= 11 is 0. The molecule has 1 aromatic carbocycles. The van der Waals surface area contributed by atoms with Gasteiger partial charge in [-0.3, -0.25) is 9.59 Å². The molecule has 0 bridgehead atoms. The Labute approximate surface area is 172 Å². The first-order valence-corrected chi connectivity index (χ1v) is 10.3. The van der Waals surface area contributed by atoms with Gasteiger partial charge in [-0.15, -0.1) is 0 Å². The molecule has 1 aliphatic rings. The molecule has 0 spiro atoms. The maximum absolute atomic E-state index is 12.6. The van der Waals surface area contributed by atoms with Gasteiger partial charge in [-0.05, 0) is 49.9 Å². The van der Waals surface area contributed by atoms with Crippen LogP contribution in [0.1, 0.15) is 63.2 Å². The van der Waals surface area contributed by atoms with Crippen LogP contribution in [0.5, 0.6) is 5.75 Å². The van der Waals surface area contributed by atoms with E-state index >= 15 is 0 Å². The Balaban J connectivity index is 1.93. The number of hydrogen-bond donors (Lipinski definition) is 2. The van der Waals surface area contributed by atoms with Crippen molar-refractivity contribution >= 4 is 17.8 Å². The van der Waals surface area contributed by atoms with Gasteiger partial charge < -0.3 is 20.1 Å². The van der Waals surface area contributed by atoms with E-state index in [1.807, 2.05) is 13.8 Å².